The third-order valence-corrected chi connectivity index (χ3v) is 1.95. The predicted molar refractivity (Wildman–Crippen MR) is 57.4 cm³/mol. The third-order valence-electron chi connectivity index (χ3n) is 1.95. The number of nitrogens with one attached hydrogen (secondary N) is 1. The molecule has 0 aliphatic heterocycles. The first-order valence-corrected chi connectivity index (χ1v) is 4.50. The summed E-state index contributed by atoms with van der Waals surface area (Å²) in [6.07, 6.45) is 0.734. The van der Waals surface area contributed by atoms with Gasteiger partial charge in [-0.2, -0.15) is 0 Å². The molecule has 0 unspecified atom stereocenters. The van der Waals surface area contributed by atoms with Crippen LogP contribution in [0.15, 0.2) is 12.1 Å². The topological polar surface area (TPSA) is 55.4 Å². The van der Waals surface area contributed by atoms with Crippen molar-refractivity contribution in [1.82, 2.24) is 0 Å². The van der Waals surface area contributed by atoms with E-state index in [1.165, 1.54) is 14.0 Å². The van der Waals surface area contributed by atoms with E-state index in [0.29, 0.717) is 17.0 Å². The van der Waals surface area contributed by atoms with E-state index in [1.54, 1.807) is 12.1 Å². The largest absolute Gasteiger partial charge is 0.494 e. The normalized spacial score (nSPS) is 9.53. The molecule has 0 radical (unpaired) electrons. The molecule has 4 nitrogen and oxygen atoms in total. The van der Waals surface area contributed by atoms with Crippen molar-refractivity contribution in [3.8, 4) is 5.75 Å². The maximum absolute atomic E-state index is 10.9. The Morgan fingerprint density at radius 3 is 2.60 bits per heavy atom. The van der Waals surface area contributed by atoms with Crippen LogP contribution >= 0.6 is 0 Å². The van der Waals surface area contributed by atoms with Crippen molar-refractivity contribution in [1.29, 1.82) is 0 Å². The van der Waals surface area contributed by atoms with Crippen molar-refractivity contribution in [2.45, 2.75) is 13.8 Å². The Hall–Kier alpha value is -1.84. The number of anilines is 1. The van der Waals surface area contributed by atoms with Gasteiger partial charge in [0, 0.05) is 12.5 Å². The molecule has 4 heteroatoms. The van der Waals surface area contributed by atoms with E-state index < -0.39 is 0 Å². The van der Waals surface area contributed by atoms with Gasteiger partial charge in [0.25, 0.3) is 0 Å². The highest BCUT2D eigenvalue weighted by atomic mass is 16.5. The first kappa shape index (κ1) is 11.2. The highest BCUT2D eigenvalue weighted by Gasteiger charge is 2.09. The molecule has 0 aliphatic carbocycles. The van der Waals surface area contributed by atoms with E-state index in [0.717, 1.165) is 11.8 Å². The monoisotopic (exact) mass is 207 g/mol. The van der Waals surface area contributed by atoms with Gasteiger partial charge in [0.1, 0.15) is 12.0 Å². The van der Waals surface area contributed by atoms with E-state index in [1.807, 2.05) is 6.92 Å². The van der Waals surface area contributed by atoms with E-state index >= 15 is 0 Å². The summed E-state index contributed by atoms with van der Waals surface area (Å²) in [6, 6.07) is 3.29. The molecule has 0 fully saturated rings. The quantitative estimate of drug-likeness (QED) is 0.768. The average Bonchev–Trinajstić information content (AvgIpc) is 2.16. The molecule has 80 valence electrons. The number of benzene rings is 1. The molecule has 0 spiro atoms. The lowest BCUT2D eigenvalue weighted by Crippen LogP contribution is -2.08. The van der Waals surface area contributed by atoms with Gasteiger partial charge in [0.05, 0.1) is 12.8 Å². The van der Waals surface area contributed by atoms with Crippen LogP contribution in [-0.2, 0) is 4.79 Å². The van der Waals surface area contributed by atoms with Crippen molar-refractivity contribution in [2.75, 3.05) is 12.4 Å². The molecule has 0 saturated heterocycles. The van der Waals surface area contributed by atoms with Crippen LogP contribution in [0.25, 0.3) is 0 Å². The van der Waals surface area contributed by atoms with Crippen LogP contribution in [0.3, 0.4) is 0 Å². The van der Waals surface area contributed by atoms with Crippen LogP contribution in [0.4, 0.5) is 5.69 Å². The molecule has 0 aromatic heterocycles. The molecule has 0 bridgehead atoms. The number of aldehydes is 1. The Bertz CT molecular complexity index is 399. The van der Waals surface area contributed by atoms with Crippen LogP contribution in [0.2, 0.25) is 0 Å². The zero-order valence-corrected chi connectivity index (χ0v) is 8.96. The smallest absolute Gasteiger partial charge is 0.221 e. The van der Waals surface area contributed by atoms with Gasteiger partial charge < -0.3 is 10.1 Å². The predicted octanol–water partition coefficient (Wildman–Crippen LogP) is 1.77. The lowest BCUT2D eigenvalue weighted by Gasteiger charge is -2.12. The number of carbonyl (C=O) groups excluding carboxylic acids is 2. The minimum Gasteiger partial charge on any atom is -0.494 e. The Morgan fingerprint density at radius 1 is 1.47 bits per heavy atom. The molecule has 1 N–H and O–H groups in total. The minimum atomic E-state index is -0.198. The number of ether oxygens (including phenoxy) is 1. The van der Waals surface area contributed by atoms with E-state index in [4.69, 9.17) is 4.74 Å². The van der Waals surface area contributed by atoms with E-state index in [9.17, 15) is 9.59 Å². The lowest BCUT2D eigenvalue weighted by atomic mass is 10.1. The minimum absolute atomic E-state index is 0.198. The number of carbonyl (C=O) groups is 2. The van der Waals surface area contributed by atoms with Gasteiger partial charge in [-0.25, -0.2) is 0 Å². The molecular formula is C11H13NO3. The van der Waals surface area contributed by atoms with Gasteiger partial charge in [-0.05, 0) is 24.6 Å². The molecule has 1 amide bonds. The summed E-state index contributed by atoms with van der Waals surface area (Å²) >= 11 is 0. The molecule has 1 rings (SSSR count). The number of aryl methyl sites for hydroxylation is 1. The van der Waals surface area contributed by atoms with Crippen molar-refractivity contribution >= 4 is 17.9 Å². The second-order valence-corrected chi connectivity index (χ2v) is 3.22. The third kappa shape index (κ3) is 2.56. The second-order valence-electron chi connectivity index (χ2n) is 3.22. The van der Waals surface area contributed by atoms with Gasteiger partial charge in [0.2, 0.25) is 5.91 Å². The van der Waals surface area contributed by atoms with Gasteiger partial charge in [0.15, 0.2) is 0 Å². The zero-order valence-electron chi connectivity index (χ0n) is 8.96. The standard InChI is InChI=1S/C11H13NO3/c1-7-4-9(6-13)5-10(11(7)15-3)12-8(2)14/h4-6H,1-3H3,(H,12,14). The summed E-state index contributed by atoms with van der Waals surface area (Å²) in [6.45, 7) is 3.22. The van der Waals surface area contributed by atoms with Crippen molar-refractivity contribution in [3.05, 3.63) is 23.3 Å². The van der Waals surface area contributed by atoms with Crippen LogP contribution in [0.1, 0.15) is 22.8 Å². The summed E-state index contributed by atoms with van der Waals surface area (Å²) in [5, 5.41) is 2.62. The number of rotatable bonds is 3. The average molecular weight is 207 g/mol. The van der Waals surface area contributed by atoms with Crippen molar-refractivity contribution in [2.24, 2.45) is 0 Å². The Kier molecular flexibility index (Phi) is 3.44. The van der Waals surface area contributed by atoms with Gasteiger partial charge in [-0.15, -0.1) is 0 Å². The lowest BCUT2D eigenvalue weighted by molar-refractivity contribution is -0.114. The number of methoxy groups -OCH3 is 1. The summed E-state index contributed by atoms with van der Waals surface area (Å²) in [5.74, 6) is 0.381. The summed E-state index contributed by atoms with van der Waals surface area (Å²) in [5.41, 5.74) is 1.84. The van der Waals surface area contributed by atoms with Crippen molar-refractivity contribution < 1.29 is 14.3 Å². The van der Waals surface area contributed by atoms with Gasteiger partial charge >= 0.3 is 0 Å². The summed E-state index contributed by atoms with van der Waals surface area (Å²) in [7, 11) is 1.52. The fourth-order valence-electron chi connectivity index (χ4n) is 1.42. The molecule has 0 saturated carbocycles. The maximum Gasteiger partial charge on any atom is 0.221 e. The van der Waals surface area contributed by atoms with Gasteiger partial charge in [-0.3, -0.25) is 9.59 Å². The number of hydrogen-bond acceptors (Lipinski definition) is 3. The highest BCUT2D eigenvalue weighted by Crippen LogP contribution is 2.29. The van der Waals surface area contributed by atoms with E-state index in [2.05, 4.69) is 5.32 Å². The zero-order chi connectivity index (χ0) is 11.4. The molecular weight excluding hydrogens is 194 g/mol. The highest BCUT2D eigenvalue weighted by molar-refractivity contribution is 5.92. The fraction of sp³-hybridized carbons (Fsp3) is 0.273. The van der Waals surface area contributed by atoms with Crippen LogP contribution in [0.5, 0.6) is 5.75 Å². The maximum atomic E-state index is 10.9. The number of amides is 1. The first-order valence-electron chi connectivity index (χ1n) is 4.50. The molecule has 1 aromatic carbocycles. The number of hydrogen-bond donors (Lipinski definition) is 1. The van der Waals surface area contributed by atoms with Crippen LogP contribution in [0, 0.1) is 6.92 Å². The first-order chi connectivity index (χ1) is 7.08. The summed E-state index contributed by atoms with van der Waals surface area (Å²) < 4.78 is 5.15. The van der Waals surface area contributed by atoms with Crippen molar-refractivity contribution in [3.63, 3.8) is 0 Å². The molecule has 0 heterocycles. The SMILES string of the molecule is COc1c(C)cc(C=O)cc1NC(C)=O. The van der Waals surface area contributed by atoms with E-state index in [-0.39, 0.29) is 5.91 Å². The molecule has 1 aromatic rings. The Balaban J connectivity index is 3.25. The second kappa shape index (κ2) is 4.59. The van der Waals surface area contributed by atoms with Crippen LogP contribution in [-0.4, -0.2) is 19.3 Å². The molecule has 0 aliphatic rings. The fourth-order valence-corrected chi connectivity index (χ4v) is 1.42. The Labute approximate surface area is 88.2 Å². The Morgan fingerprint density at radius 2 is 2.13 bits per heavy atom. The molecule has 15 heavy (non-hydrogen) atoms. The van der Waals surface area contributed by atoms with Crippen LogP contribution < -0.4 is 10.1 Å². The summed E-state index contributed by atoms with van der Waals surface area (Å²) in [4.78, 5) is 21.6. The molecule has 0 atom stereocenters. The van der Waals surface area contributed by atoms with Gasteiger partial charge in [-0.1, -0.05) is 0 Å².